The summed E-state index contributed by atoms with van der Waals surface area (Å²) in [6.07, 6.45) is 2.23. The highest BCUT2D eigenvalue weighted by Gasteiger charge is 2.19. The largest absolute Gasteiger partial charge is 0.367 e. The van der Waals surface area contributed by atoms with Crippen molar-refractivity contribution in [3.8, 4) is 0 Å². The van der Waals surface area contributed by atoms with Gasteiger partial charge in [0, 0.05) is 29.9 Å². The molecule has 1 aliphatic heterocycles. The van der Waals surface area contributed by atoms with Crippen molar-refractivity contribution < 1.29 is 0 Å². The van der Waals surface area contributed by atoms with Gasteiger partial charge in [0.1, 0.15) is 0 Å². The van der Waals surface area contributed by atoms with Gasteiger partial charge in [0.15, 0.2) is 0 Å². The number of pyridine rings is 1. The van der Waals surface area contributed by atoms with Crippen molar-refractivity contribution in [2.45, 2.75) is 26.3 Å². The highest BCUT2D eigenvalue weighted by Crippen LogP contribution is 2.29. The van der Waals surface area contributed by atoms with Gasteiger partial charge in [0.05, 0.1) is 5.52 Å². The molecule has 0 fully saturated rings. The van der Waals surface area contributed by atoms with Crippen LogP contribution in [0.5, 0.6) is 0 Å². The molecule has 0 radical (unpaired) electrons. The van der Waals surface area contributed by atoms with Gasteiger partial charge >= 0.3 is 0 Å². The van der Waals surface area contributed by atoms with Gasteiger partial charge in [0.25, 0.3) is 0 Å². The summed E-state index contributed by atoms with van der Waals surface area (Å²) in [6.45, 7) is 4.30. The Bertz CT molecular complexity index is 809. The molecule has 2 heterocycles. The summed E-state index contributed by atoms with van der Waals surface area (Å²) in [7, 11) is 0. The maximum absolute atomic E-state index is 4.94. The molecule has 0 spiro atoms. The highest BCUT2D eigenvalue weighted by atomic mass is 15.1. The molecule has 0 saturated carbocycles. The molecule has 4 rings (SSSR count). The molecule has 2 nitrogen and oxygen atoms in total. The lowest BCUT2D eigenvalue weighted by Gasteiger charge is -2.24. The lowest BCUT2D eigenvalue weighted by Crippen LogP contribution is -2.22. The molecule has 0 atom stereocenters. The van der Waals surface area contributed by atoms with Crippen LogP contribution < -0.4 is 4.90 Å². The van der Waals surface area contributed by atoms with Gasteiger partial charge in [-0.1, -0.05) is 36.4 Å². The van der Waals surface area contributed by atoms with Crippen molar-refractivity contribution in [1.29, 1.82) is 0 Å². The quantitative estimate of drug-likeness (QED) is 0.655. The Morgan fingerprint density at radius 1 is 0.955 bits per heavy atom. The Labute approximate surface area is 131 Å². The Morgan fingerprint density at radius 2 is 1.73 bits per heavy atom. The van der Waals surface area contributed by atoms with Gasteiger partial charge in [-0.2, -0.15) is 0 Å². The van der Waals surface area contributed by atoms with Gasteiger partial charge in [0.2, 0.25) is 0 Å². The van der Waals surface area contributed by atoms with E-state index in [0.29, 0.717) is 0 Å². The molecule has 22 heavy (non-hydrogen) atoms. The van der Waals surface area contributed by atoms with Gasteiger partial charge in [-0.05, 0) is 49.1 Å². The summed E-state index contributed by atoms with van der Waals surface area (Å²) >= 11 is 0. The number of benzene rings is 2. The second-order valence-electron chi connectivity index (χ2n) is 6.04. The molecule has 0 N–H and O–H groups in total. The normalized spacial score (nSPS) is 14.7. The van der Waals surface area contributed by atoms with Gasteiger partial charge in [-0.3, -0.25) is 4.98 Å². The second-order valence-corrected chi connectivity index (χ2v) is 6.04. The molecule has 0 amide bonds. The van der Waals surface area contributed by atoms with Gasteiger partial charge in [-0.25, -0.2) is 0 Å². The van der Waals surface area contributed by atoms with Crippen LogP contribution in [-0.4, -0.2) is 11.5 Å². The third-order valence-electron chi connectivity index (χ3n) is 4.68. The van der Waals surface area contributed by atoms with Crippen molar-refractivity contribution in [1.82, 2.24) is 4.98 Å². The first-order valence-corrected chi connectivity index (χ1v) is 8.00. The molecule has 0 saturated heterocycles. The summed E-state index contributed by atoms with van der Waals surface area (Å²) in [5.41, 5.74) is 6.54. The number of nitrogens with zero attached hydrogens (tertiary/aromatic N) is 2. The standard InChI is InChI=1S/C20H20N2/c1-15-17-10-5-6-11-19(17)21-20-12-7-13-22(14-18(15)20)16-8-3-2-4-9-16/h2-6,8-11H,7,12-14H2,1H3. The monoisotopic (exact) mass is 288 g/mol. The number of hydrogen-bond donors (Lipinski definition) is 0. The fourth-order valence-electron chi connectivity index (χ4n) is 3.46. The summed E-state index contributed by atoms with van der Waals surface area (Å²) in [6, 6.07) is 19.2. The number of hydrogen-bond acceptors (Lipinski definition) is 2. The summed E-state index contributed by atoms with van der Waals surface area (Å²) in [5, 5.41) is 1.29. The zero-order chi connectivity index (χ0) is 14.9. The van der Waals surface area contributed by atoms with E-state index in [1.807, 2.05) is 0 Å². The van der Waals surface area contributed by atoms with Crippen LogP contribution in [0.4, 0.5) is 5.69 Å². The van der Waals surface area contributed by atoms with Crippen molar-refractivity contribution in [3.63, 3.8) is 0 Å². The number of aryl methyl sites for hydroxylation is 2. The van der Waals surface area contributed by atoms with E-state index in [9.17, 15) is 0 Å². The van der Waals surface area contributed by atoms with E-state index < -0.39 is 0 Å². The van der Waals surface area contributed by atoms with Gasteiger partial charge in [-0.15, -0.1) is 0 Å². The van der Waals surface area contributed by atoms with E-state index in [1.54, 1.807) is 0 Å². The zero-order valence-corrected chi connectivity index (χ0v) is 12.9. The molecule has 1 aliphatic rings. The maximum atomic E-state index is 4.94. The minimum atomic E-state index is 0.961. The first-order valence-electron chi connectivity index (χ1n) is 8.00. The first kappa shape index (κ1) is 13.3. The van der Waals surface area contributed by atoms with Crippen LogP contribution in [0.15, 0.2) is 54.6 Å². The van der Waals surface area contributed by atoms with Crippen LogP contribution in [0.3, 0.4) is 0 Å². The summed E-state index contributed by atoms with van der Waals surface area (Å²) in [5.74, 6) is 0. The average molecular weight is 288 g/mol. The Balaban J connectivity index is 1.82. The zero-order valence-electron chi connectivity index (χ0n) is 12.9. The molecule has 0 aliphatic carbocycles. The second kappa shape index (κ2) is 5.45. The summed E-state index contributed by atoms with van der Waals surface area (Å²) in [4.78, 5) is 7.42. The van der Waals surface area contributed by atoms with Crippen molar-refractivity contribution >= 4 is 16.6 Å². The number of para-hydroxylation sites is 2. The van der Waals surface area contributed by atoms with Crippen LogP contribution in [-0.2, 0) is 13.0 Å². The van der Waals surface area contributed by atoms with Gasteiger partial charge < -0.3 is 4.90 Å². The highest BCUT2D eigenvalue weighted by molar-refractivity contribution is 5.83. The van der Waals surface area contributed by atoms with E-state index in [4.69, 9.17) is 4.98 Å². The molecular weight excluding hydrogens is 268 g/mol. The molecule has 0 unspecified atom stereocenters. The van der Waals surface area contributed by atoms with Crippen molar-refractivity contribution in [2.24, 2.45) is 0 Å². The number of anilines is 1. The minimum absolute atomic E-state index is 0.961. The number of aromatic nitrogens is 1. The van der Waals surface area contributed by atoms with Crippen LogP contribution in [0, 0.1) is 6.92 Å². The topological polar surface area (TPSA) is 16.1 Å². The van der Waals surface area contributed by atoms with Crippen LogP contribution >= 0.6 is 0 Å². The van der Waals surface area contributed by atoms with Crippen LogP contribution in [0.2, 0.25) is 0 Å². The third-order valence-corrected chi connectivity index (χ3v) is 4.68. The molecule has 110 valence electrons. The molecular formula is C20H20N2. The molecule has 2 aromatic carbocycles. The molecule has 3 aromatic rings. The smallest absolute Gasteiger partial charge is 0.0708 e. The molecule has 1 aromatic heterocycles. The van der Waals surface area contributed by atoms with Crippen molar-refractivity contribution in [3.05, 3.63) is 71.4 Å². The van der Waals surface area contributed by atoms with E-state index in [2.05, 4.69) is 66.4 Å². The lowest BCUT2D eigenvalue weighted by atomic mass is 10.00. The fraction of sp³-hybridized carbons (Fsp3) is 0.250. The van der Waals surface area contributed by atoms with E-state index in [-0.39, 0.29) is 0 Å². The van der Waals surface area contributed by atoms with Crippen molar-refractivity contribution in [2.75, 3.05) is 11.4 Å². The Hall–Kier alpha value is -2.35. The predicted octanol–water partition coefficient (Wildman–Crippen LogP) is 4.50. The Morgan fingerprint density at radius 3 is 2.59 bits per heavy atom. The van der Waals surface area contributed by atoms with Crippen LogP contribution in [0.25, 0.3) is 10.9 Å². The number of rotatable bonds is 1. The van der Waals surface area contributed by atoms with E-state index in [0.717, 1.165) is 31.4 Å². The van der Waals surface area contributed by atoms with E-state index in [1.165, 1.54) is 27.9 Å². The third kappa shape index (κ3) is 2.25. The number of fused-ring (bicyclic) bond motifs is 2. The first-order chi connectivity index (χ1) is 10.8. The molecule has 0 bridgehead atoms. The maximum Gasteiger partial charge on any atom is 0.0708 e. The Kier molecular flexibility index (Phi) is 3.30. The average Bonchev–Trinajstić information content (AvgIpc) is 2.79. The van der Waals surface area contributed by atoms with Crippen LogP contribution in [0.1, 0.15) is 23.2 Å². The summed E-state index contributed by atoms with van der Waals surface area (Å²) < 4.78 is 0. The minimum Gasteiger partial charge on any atom is -0.367 e. The fourth-order valence-corrected chi connectivity index (χ4v) is 3.46. The lowest BCUT2D eigenvalue weighted by molar-refractivity contribution is 0.762. The van der Waals surface area contributed by atoms with E-state index >= 15 is 0 Å². The SMILES string of the molecule is Cc1c2c(nc3ccccc13)CCCN(c1ccccc1)C2. The predicted molar refractivity (Wildman–Crippen MR) is 92.3 cm³/mol. The molecule has 2 heteroatoms.